The second-order valence-corrected chi connectivity index (χ2v) is 4.81. The number of hydrazone groups is 1. The van der Waals surface area contributed by atoms with Crippen LogP contribution in [0.3, 0.4) is 0 Å². The SMILES string of the molecule is C#Cc1ccc(O)c(/C=N/NC(=O)c2ccc(C(F)(F)F)cc2F)c1.CC. The van der Waals surface area contributed by atoms with Gasteiger partial charge in [-0.2, -0.15) is 18.3 Å². The Kier molecular flexibility index (Phi) is 7.54. The molecule has 0 atom stereocenters. The van der Waals surface area contributed by atoms with Gasteiger partial charge in [0.25, 0.3) is 5.91 Å². The minimum atomic E-state index is -4.71. The second-order valence-electron chi connectivity index (χ2n) is 4.81. The van der Waals surface area contributed by atoms with Crippen LogP contribution in [0.4, 0.5) is 17.6 Å². The number of phenols is 1. The summed E-state index contributed by atoms with van der Waals surface area (Å²) in [6.45, 7) is 4.00. The molecule has 0 saturated carbocycles. The molecule has 0 heterocycles. The van der Waals surface area contributed by atoms with E-state index < -0.39 is 29.0 Å². The van der Waals surface area contributed by atoms with E-state index in [9.17, 15) is 27.5 Å². The summed E-state index contributed by atoms with van der Waals surface area (Å²) in [7, 11) is 0. The molecule has 0 aliphatic heterocycles. The van der Waals surface area contributed by atoms with Gasteiger partial charge in [0.05, 0.1) is 17.3 Å². The average Bonchev–Trinajstić information content (AvgIpc) is 2.64. The first kappa shape index (κ1) is 21.7. The highest BCUT2D eigenvalue weighted by atomic mass is 19.4. The summed E-state index contributed by atoms with van der Waals surface area (Å²) in [6, 6.07) is 5.75. The second kappa shape index (κ2) is 9.38. The van der Waals surface area contributed by atoms with Crippen molar-refractivity contribution >= 4 is 12.1 Å². The fourth-order valence-corrected chi connectivity index (χ4v) is 1.84. The molecule has 4 nitrogen and oxygen atoms in total. The van der Waals surface area contributed by atoms with Crippen molar-refractivity contribution in [3.63, 3.8) is 0 Å². The summed E-state index contributed by atoms with van der Waals surface area (Å²) in [4.78, 5) is 11.8. The molecule has 8 heteroatoms. The van der Waals surface area contributed by atoms with Gasteiger partial charge in [-0.25, -0.2) is 9.82 Å². The largest absolute Gasteiger partial charge is 0.507 e. The number of aromatic hydroxyl groups is 1. The van der Waals surface area contributed by atoms with Crippen LogP contribution in [0.5, 0.6) is 5.75 Å². The number of amides is 1. The number of terminal acetylenes is 1. The Bertz CT molecular complexity index is 884. The van der Waals surface area contributed by atoms with Crippen molar-refractivity contribution in [2.24, 2.45) is 5.10 Å². The molecule has 0 unspecified atom stereocenters. The number of rotatable bonds is 3. The van der Waals surface area contributed by atoms with Crippen LogP contribution in [-0.4, -0.2) is 17.2 Å². The first-order valence-corrected chi connectivity index (χ1v) is 7.72. The van der Waals surface area contributed by atoms with E-state index in [2.05, 4.69) is 11.0 Å². The van der Waals surface area contributed by atoms with Crippen LogP contribution in [0.15, 0.2) is 41.5 Å². The number of carbonyl (C=O) groups excluding carboxylic acids is 1. The lowest BCUT2D eigenvalue weighted by Crippen LogP contribution is -2.19. The zero-order chi connectivity index (χ0) is 20.6. The molecule has 0 aliphatic rings. The van der Waals surface area contributed by atoms with Crippen LogP contribution in [0.25, 0.3) is 0 Å². The van der Waals surface area contributed by atoms with E-state index in [1.807, 2.05) is 19.3 Å². The van der Waals surface area contributed by atoms with Crippen molar-refractivity contribution in [1.29, 1.82) is 0 Å². The molecule has 0 radical (unpaired) electrons. The molecule has 0 aliphatic carbocycles. The number of carbonyl (C=O) groups is 1. The monoisotopic (exact) mass is 380 g/mol. The van der Waals surface area contributed by atoms with E-state index in [0.717, 1.165) is 6.21 Å². The van der Waals surface area contributed by atoms with E-state index in [1.165, 1.54) is 18.2 Å². The van der Waals surface area contributed by atoms with Crippen LogP contribution < -0.4 is 5.43 Å². The smallest absolute Gasteiger partial charge is 0.416 e. The Hall–Kier alpha value is -3.34. The van der Waals surface area contributed by atoms with Crippen LogP contribution >= 0.6 is 0 Å². The van der Waals surface area contributed by atoms with Crippen molar-refractivity contribution in [3.8, 4) is 18.1 Å². The summed E-state index contributed by atoms with van der Waals surface area (Å²) >= 11 is 0. The minimum Gasteiger partial charge on any atom is -0.507 e. The first-order valence-electron chi connectivity index (χ1n) is 7.72. The number of hydrogen-bond acceptors (Lipinski definition) is 3. The Morgan fingerprint density at radius 2 is 1.89 bits per heavy atom. The van der Waals surface area contributed by atoms with E-state index in [4.69, 9.17) is 6.42 Å². The predicted octanol–water partition coefficient (Wildman–Crippen LogP) is 4.32. The van der Waals surface area contributed by atoms with Crippen molar-refractivity contribution in [1.82, 2.24) is 5.43 Å². The molecule has 142 valence electrons. The summed E-state index contributed by atoms with van der Waals surface area (Å²) in [6.07, 6.45) is 1.56. The lowest BCUT2D eigenvalue weighted by atomic mass is 10.1. The zero-order valence-corrected chi connectivity index (χ0v) is 14.4. The van der Waals surface area contributed by atoms with Crippen molar-refractivity contribution in [2.45, 2.75) is 20.0 Å². The average molecular weight is 380 g/mol. The van der Waals surface area contributed by atoms with Gasteiger partial charge in [0.15, 0.2) is 0 Å². The highest BCUT2D eigenvalue weighted by Gasteiger charge is 2.31. The molecule has 2 N–H and O–H groups in total. The number of benzene rings is 2. The predicted molar refractivity (Wildman–Crippen MR) is 93.9 cm³/mol. The third-order valence-corrected chi connectivity index (χ3v) is 3.10. The normalized spacial score (nSPS) is 10.7. The zero-order valence-electron chi connectivity index (χ0n) is 14.4. The highest BCUT2D eigenvalue weighted by molar-refractivity contribution is 5.95. The van der Waals surface area contributed by atoms with Gasteiger partial charge in [-0.05, 0) is 36.4 Å². The van der Waals surface area contributed by atoms with Crippen LogP contribution in [-0.2, 0) is 6.18 Å². The topological polar surface area (TPSA) is 61.7 Å². The number of hydrogen-bond donors (Lipinski definition) is 2. The molecule has 0 aromatic heterocycles. The van der Waals surface area contributed by atoms with Crippen LogP contribution in [0.1, 0.15) is 40.9 Å². The molecule has 2 aromatic carbocycles. The standard InChI is InChI=1S/C17H10F4N2O2.C2H6/c1-2-10-3-6-15(24)11(7-10)9-22-23-16(25)13-5-4-12(8-14(13)18)17(19,20)21;1-2/h1,3-9,24H,(H,23,25);1-2H3/b22-9+;. The summed E-state index contributed by atoms with van der Waals surface area (Å²) in [5.74, 6) is -0.192. The van der Waals surface area contributed by atoms with Gasteiger partial charge in [0.1, 0.15) is 11.6 Å². The van der Waals surface area contributed by atoms with E-state index in [0.29, 0.717) is 17.7 Å². The van der Waals surface area contributed by atoms with E-state index in [1.54, 1.807) is 0 Å². The minimum absolute atomic E-state index is 0.155. The number of halogens is 4. The summed E-state index contributed by atoms with van der Waals surface area (Å²) in [5.41, 5.74) is 0.801. The number of phenolic OH excluding ortho intramolecular Hbond substituents is 1. The fraction of sp³-hybridized carbons (Fsp3) is 0.158. The van der Waals surface area contributed by atoms with E-state index in [-0.39, 0.29) is 17.4 Å². The van der Waals surface area contributed by atoms with Crippen LogP contribution in [0, 0.1) is 18.2 Å². The molecule has 27 heavy (non-hydrogen) atoms. The summed E-state index contributed by atoms with van der Waals surface area (Å²) in [5, 5.41) is 13.1. The quantitative estimate of drug-likeness (QED) is 0.361. The number of alkyl halides is 3. The maximum absolute atomic E-state index is 13.7. The van der Waals surface area contributed by atoms with Crippen molar-refractivity contribution < 1.29 is 27.5 Å². The number of nitrogens with one attached hydrogen (secondary N) is 1. The molecule has 2 aromatic rings. The first-order chi connectivity index (χ1) is 12.7. The third-order valence-electron chi connectivity index (χ3n) is 3.10. The molecule has 0 saturated heterocycles. The lowest BCUT2D eigenvalue weighted by molar-refractivity contribution is -0.137. The molecular formula is C19H16F4N2O2. The molecule has 0 bridgehead atoms. The van der Waals surface area contributed by atoms with Crippen molar-refractivity contribution in [2.75, 3.05) is 0 Å². The Morgan fingerprint density at radius 3 is 2.44 bits per heavy atom. The maximum Gasteiger partial charge on any atom is 0.416 e. The van der Waals surface area contributed by atoms with Gasteiger partial charge >= 0.3 is 6.18 Å². The molecule has 0 spiro atoms. The van der Waals surface area contributed by atoms with Gasteiger partial charge in [0, 0.05) is 11.1 Å². The van der Waals surface area contributed by atoms with Gasteiger partial charge in [0.2, 0.25) is 0 Å². The van der Waals surface area contributed by atoms with Crippen molar-refractivity contribution in [3.05, 3.63) is 64.5 Å². The van der Waals surface area contributed by atoms with Crippen LogP contribution in [0.2, 0.25) is 0 Å². The maximum atomic E-state index is 13.7. The third kappa shape index (κ3) is 5.85. The van der Waals surface area contributed by atoms with E-state index >= 15 is 0 Å². The lowest BCUT2D eigenvalue weighted by Gasteiger charge is -2.08. The summed E-state index contributed by atoms with van der Waals surface area (Å²) < 4.78 is 51.1. The molecule has 1 amide bonds. The van der Waals surface area contributed by atoms with Gasteiger partial charge in [-0.15, -0.1) is 6.42 Å². The van der Waals surface area contributed by atoms with Gasteiger partial charge in [-0.1, -0.05) is 19.8 Å². The highest BCUT2D eigenvalue weighted by Crippen LogP contribution is 2.30. The Morgan fingerprint density at radius 1 is 1.22 bits per heavy atom. The van der Waals surface area contributed by atoms with Gasteiger partial charge < -0.3 is 5.11 Å². The molecular weight excluding hydrogens is 364 g/mol. The molecule has 2 rings (SSSR count). The Balaban J connectivity index is 0.00000176. The Labute approximate surface area is 153 Å². The van der Waals surface area contributed by atoms with Gasteiger partial charge in [-0.3, -0.25) is 4.79 Å². The molecule has 0 fully saturated rings. The fourth-order valence-electron chi connectivity index (χ4n) is 1.84. The number of nitrogens with zero attached hydrogens (tertiary/aromatic N) is 1.